The van der Waals surface area contributed by atoms with Gasteiger partial charge in [-0.25, -0.2) is 0 Å². The van der Waals surface area contributed by atoms with Crippen LogP contribution in [0.5, 0.6) is 0 Å². The van der Waals surface area contributed by atoms with E-state index < -0.39 is 24.8 Å². The predicted octanol–water partition coefficient (Wildman–Crippen LogP) is 4.34. The fraction of sp³-hybridized carbons (Fsp3) is 1.00. The number of hydrogen-bond donors (Lipinski definition) is 0. The monoisotopic (exact) mass is 314 g/mol. The van der Waals surface area contributed by atoms with Gasteiger partial charge < -0.3 is 0 Å². The van der Waals surface area contributed by atoms with Gasteiger partial charge in [-0.2, -0.15) is 0 Å². The Morgan fingerprint density at radius 2 is 0.789 bits per heavy atom. The van der Waals surface area contributed by atoms with Gasteiger partial charge in [0, 0.05) is 0 Å². The first kappa shape index (κ1) is 19.1. The third-order valence-corrected chi connectivity index (χ3v) is 6.17. The van der Waals surface area contributed by atoms with Crippen molar-refractivity contribution in [2.75, 3.05) is 0 Å². The molecule has 0 aliphatic rings. The van der Waals surface area contributed by atoms with Gasteiger partial charge in [0.1, 0.15) is 0 Å². The summed E-state index contributed by atoms with van der Waals surface area (Å²) < 4.78 is 35.1. The van der Waals surface area contributed by atoms with Gasteiger partial charge in [-0.05, 0) is 0 Å². The maximum absolute atomic E-state index is 12.2. The molecule has 0 aromatic rings. The van der Waals surface area contributed by atoms with Crippen molar-refractivity contribution >= 4 is 0 Å². The van der Waals surface area contributed by atoms with Gasteiger partial charge in [-0.15, -0.1) is 0 Å². The molecule has 0 bridgehead atoms. The van der Waals surface area contributed by atoms with Crippen molar-refractivity contribution in [2.24, 2.45) is 10.8 Å². The first-order valence-electron chi connectivity index (χ1n) is 6.57. The molecule has 0 radical (unpaired) electrons. The van der Waals surface area contributed by atoms with Crippen LogP contribution in [0.1, 0.15) is 69.2 Å². The molecule has 0 amide bonds. The number of rotatable bonds is 4. The molecule has 5 heteroatoms. The average molecular weight is 314 g/mol. The molecule has 0 aliphatic heterocycles. The second-order valence-electron chi connectivity index (χ2n) is 8.10. The van der Waals surface area contributed by atoms with Crippen molar-refractivity contribution in [2.45, 2.75) is 80.4 Å². The predicted molar refractivity (Wildman–Crippen MR) is 70.6 cm³/mol. The molecule has 4 nitrogen and oxygen atoms in total. The second kappa shape index (κ2) is 5.11. The van der Waals surface area contributed by atoms with E-state index in [0.717, 1.165) is 0 Å². The normalized spacial score (nSPS) is 15.7. The van der Waals surface area contributed by atoms with Gasteiger partial charge in [0.25, 0.3) is 0 Å². The molecule has 0 saturated heterocycles. The van der Waals surface area contributed by atoms with E-state index >= 15 is 0 Å². The molecule has 0 aliphatic carbocycles. The Bertz CT molecular complexity index is 372. The Morgan fingerprint density at radius 3 is 0.947 bits per heavy atom. The Balaban J connectivity index is 5.16. The maximum atomic E-state index is 12.2. The van der Waals surface area contributed by atoms with Gasteiger partial charge >= 0.3 is 120 Å². The Kier molecular flexibility index (Phi) is 5.12. The van der Waals surface area contributed by atoms with E-state index in [4.69, 9.17) is 7.58 Å². The quantitative estimate of drug-likeness (QED) is 0.774. The van der Waals surface area contributed by atoms with E-state index in [9.17, 15) is 7.61 Å². The summed E-state index contributed by atoms with van der Waals surface area (Å²) in [6.07, 6.45) is 0. The van der Waals surface area contributed by atoms with Gasteiger partial charge in [-0.1, -0.05) is 0 Å². The Labute approximate surface area is 120 Å². The molecule has 0 spiro atoms. The molecule has 0 saturated carbocycles. The summed E-state index contributed by atoms with van der Waals surface area (Å²) in [5.74, 6) is 0. The van der Waals surface area contributed by atoms with Crippen LogP contribution in [0.4, 0.5) is 0 Å². The number of hydrogen-bond acceptors (Lipinski definition) is 4. The molecule has 0 rings (SSSR count). The van der Waals surface area contributed by atoms with E-state index in [1.54, 1.807) is 27.7 Å². The Morgan fingerprint density at radius 1 is 0.579 bits per heavy atom. The molecule has 0 aromatic carbocycles. The average Bonchev–Trinajstić information content (AvgIpc) is 1.93. The minimum absolute atomic E-state index is 0.306. The van der Waals surface area contributed by atoms with Crippen LogP contribution in [0.2, 0.25) is 0 Å². The minimum atomic E-state index is -4.89. The molecule has 0 heterocycles. The molecule has 0 N–H and O–H groups in total. The van der Waals surface area contributed by atoms with Crippen molar-refractivity contribution in [3.05, 3.63) is 0 Å². The zero-order valence-electron chi connectivity index (χ0n) is 14.0. The van der Waals surface area contributed by atoms with Crippen LogP contribution in [-0.2, 0) is 28.8 Å². The third-order valence-electron chi connectivity index (χ3n) is 4.23. The second-order valence-corrected chi connectivity index (χ2v) is 9.89. The van der Waals surface area contributed by atoms with Gasteiger partial charge in [0.05, 0.1) is 0 Å². The summed E-state index contributed by atoms with van der Waals surface area (Å²) in [5, 5.41) is 0. The van der Waals surface area contributed by atoms with Gasteiger partial charge in [-0.3, -0.25) is 0 Å². The van der Waals surface area contributed by atoms with E-state index in [-0.39, 0.29) is 10.8 Å². The van der Waals surface area contributed by atoms with Crippen LogP contribution in [0.3, 0.4) is 0 Å². The first-order chi connectivity index (χ1) is 7.91. The van der Waals surface area contributed by atoms with E-state index in [0.29, 0.717) is 0 Å². The van der Waals surface area contributed by atoms with Crippen molar-refractivity contribution in [1.29, 1.82) is 0 Å². The zero-order valence-corrected chi connectivity index (χ0v) is 15.3. The zero-order chi connectivity index (χ0) is 15.9. The van der Waals surface area contributed by atoms with E-state index in [1.807, 2.05) is 41.5 Å². The summed E-state index contributed by atoms with van der Waals surface area (Å²) in [6, 6.07) is 0. The molecule has 116 valence electrons. The fourth-order valence-corrected chi connectivity index (χ4v) is 3.20. The van der Waals surface area contributed by atoms with Crippen LogP contribution in [0, 0.1) is 10.8 Å². The van der Waals surface area contributed by atoms with Crippen LogP contribution in [-0.4, -0.2) is 11.2 Å². The summed E-state index contributed by atoms with van der Waals surface area (Å²) in [5.41, 5.74) is -2.24. The van der Waals surface area contributed by atoms with Gasteiger partial charge in [0.2, 0.25) is 0 Å². The summed E-state index contributed by atoms with van der Waals surface area (Å²) in [6.45, 7) is 18.7. The SMILES string of the molecule is CC(C)(C)C(C)(C)[O][Cr](=[O])(=[O])[O]C(C)(C)C(C)(C)C. The molecule has 0 atom stereocenters. The molecule has 19 heavy (non-hydrogen) atoms. The van der Waals surface area contributed by atoms with E-state index in [2.05, 4.69) is 0 Å². The van der Waals surface area contributed by atoms with Crippen LogP contribution >= 0.6 is 0 Å². The summed E-state index contributed by atoms with van der Waals surface area (Å²) >= 11 is -4.89. The first-order valence-corrected chi connectivity index (χ1v) is 8.66. The molecular weight excluding hydrogens is 284 g/mol. The Hall–Kier alpha value is 0.0525. The summed E-state index contributed by atoms with van der Waals surface area (Å²) in [7, 11) is 0. The fourth-order valence-electron chi connectivity index (χ4n) is 0.777. The molecule has 0 fully saturated rings. The standard InChI is InChI=1S/2C7H15O.Cr.2O/c2*1-6(2,3)7(4,5)8;;;/h2*1-5H3;;;/q2*-1;+2;;. The summed E-state index contributed by atoms with van der Waals surface area (Å²) in [4.78, 5) is 0. The van der Waals surface area contributed by atoms with Crippen molar-refractivity contribution in [3.63, 3.8) is 0 Å². The van der Waals surface area contributed by atoms with Crippen LogP contribution in [0.25, 0.3) is 0 Å². The van der Waals surface area contributed by atoms with Crippen molar-refractivity contribution in [3.8, 4) is 0 Å². The molecule has 0 unspecified atom stereocenters. The molecule has 0 aromatic heterocycles. The third kappa shape index (κ3) is 5.15. The van der Waals surface area contributed by atoms with Crippen LogP contribution < -0.4 is 0 Å². The van der Waals surface area contributed by atoms with E-state index in [1.165, 1.54) is 0 Å². The van der Waals surface area contributed by atoms with Crippen molar-refractivity contribution in [1.82, 2.24) is 0 Å². The van der Waals surface area contributed by atoms with Gasteiger partial charge in [0.15, 0.2) is 0 Å². The topological polar surface area (TPSA) is 52.6 Å². The molecular formula is C14H30CrO4. The van der Waals surface area contributed by atoms with Crippen molar-refractivity contribution < 1.29 is 28.8 Å². The van der Waals surface area contributed by atoms with Crippen LogP contribution in [0.15, 0.2) is 0 Å².